The van der Waals surface area contributed by atoms with Gasteiger partial charge in [-0.25, -0.2) is 4.79 Å². The molecule has 1 aliphatic carbocycles. The van der Waals surface area contributed by atoms with E-state index in [9.17, 15) is 33.0 Å². The van der Waals surface area contributed by atoms with Gasteiger partial charge in [-0.15, -0.1) is 0 Å². The number of carboxylic acids is 3. The van der Waals surface area contributed by atoms with Gasteiger partial charge in [0, 0.05) is 24.7 Å². The summed E-state index contributed by atoms with van der Waals surface area (Å²) in [5.41, 5.74) is -0.312. The Morgan fingerprint density at radius 2 is 1.57 bits per heavy atom. The van der Waals surface area contributed by atoms with Crippen LogP contribution in [-0.2, 0) is 20.9 Å². The third kappa shape index (κ3) is 3.93. The van der Waals surface area contributed by atoms with Gasteiger partial charge in [-0.1, -0.05) is 23.7 Å². The molecular formula is C17H17ClF3NO6. The minimum absolute atomic E-state index is 0.225. The third-order valence-electron chi connectivity index (χ3n) is 5.05. The van der Waals surface area contributed by atoms with E-state index in [1.807, 2.05) is 30.0 Å². The van der Waals surface area contributed by atoms with Crippen LogP contribution in [0.15, 0.2) is 18.2 Å². The number of aliphatic carboxylic acids is 3. The van der Waals surface area contributed by atoms with Crippen molar-refractivity contribution >= 4 is 29.5 Å². The van der Waals surface area contributed by atoms with Gasteiger partial charge in [0.25, 0.3) is 0 Å². The van der Waals surface area contributed by atoms with E-state index in [0.29, 0.717) is 11.6 Å². The molecule has 154 valence electrons. The van der Waals surface area contributed by atoms with E-state index < -0.39 is 34.9 Å². The van der Waals surface area contributed by atoms with E-state index in [-0.39, 0.29) is 19.5 Å². The molecule has 0 spiro atoms. The fourth-order valence-electron chi connectivity index (χ4n) is 3.53. The molecule has 2 aliphatic rings. The summed E-state index contributed by atoms with van der Waals surface area (Å²) in [6.07, 6.45) is -4.86. The number of likely N-dealkylation sites (tertiary alicyclic amines) is 1. The Morgan fingerprint density at radius 1 is 1.11 bits per heavy atom. The molecule has 0 radical (unpaired) electrons. The first-order valence-electron chi connectivity index (χ1n) is 7.99. The number of piperidine rings is 1. The van der Waals surface area contributed by atoms with Gasteiger partial charge in [0.15, 0.2) is 0 Å². The van der Waals surface area contributed by atoms with Crippen molar-refractivity contribution in [1.29, 1.82) is 0 Å². The Balaban J connectivity index is 0.000000345. The Bertz CT molecular complexity index is 802. The van der Waals surface area contributed by atoms with Gasteiger partial charge in [0.1, 0.15) is 0 Å². The van der Waals surface area contributed by atoms with Gasteiger partial charge in [-0.05, 0) is 30.5 Å². The summed E-state index contributed by atoms with van der Waals surface area (Å²) in [4.78, 5) is 33.7. The fraction of sp³-hybridized carbons (Fsp3) is 0.471. The number of alkyl halides is 3. The zero-order chi connectivity index (χ0) is 21.5. The standard InChI is InChI=1S/C15H16ClNO4.C2HF3O2/c1-9-2-3-10(11(16)4-9)5-17-7-14(12(18)19)6-15(14,8-17)13(20)21;3-2(4,5)1(6)7/h2-4H,5-8H2,1H3,(H,18,19)(H,20,21);(H,6,7)/t14-,15+;. The maximum absolute atomic E-state index is 11.5. The number of fused-ring (bicyclic) bond motifs is 1. The largest absolute Gasteiger partial charge is 0.490 e. The number of nitrogens with zero attached hydrogens (tertiary/aromatic N) is 1. The SMILES string of the molecule is Cc1ccc(CN2C[C@@]3(C(=O)O)C[C@@]3(C(=O)O)C2)c(Cl)c1.O=C(O)C(F)(F)F. The topological polar surface area (TPSA) is 115 Å². The molecule has 2 atom stereocenters. The normalized spacial score (nSPS) is 26.0. The molecule has 1 aromatic carbocycles. The maximum Gasteiger partial charge on any atom is 0.490 e. The molecule has 1 saturated carbocycles. The summed E-state index contributed by atoms with van der Waals surface area (Å²) in [5, 5.41) is 26.5. The predicted octanol–water partition coefficient (Wildman–Crippen LogP) is 2.64. The maximum atomic E-state index is 11.5. The van der Waals surface area contributed by atoms with Crippen LogP contribution in [0.25, 0.3) is 0 Å². The van der Waals surface area contributed by atoms with Crippen molar-refractivity contribution in [1.82, 2.24) is 4.90 Å². The van der Waals surface area contributed by atoms with Crippen molar-refractivity contribution in [2.75, 3.05) is 13.1 Å². The first-order valence-corrected chi connectivity index (χ1v) is 8.37. The predicted molar refractivity (Wildman–Crippen MR) is 89.9 cm³/mol. The zero-order valence-electron chi connectivity index (χ0n) is 14.6. The number of carbonyl (C=O) groups is 3. The summed E-state index contributed by atoms with van der Waals surface area (Å²) in [6.45, 7) is 2.94. The Kier molecular flexibility index (Phi) is 5.69. The second-order valence-corrected chi connectivity index (χ2v) is 7.40. The first-order chi connectivity index (χ1) is 12.7. The highest BCUT2D eigenvalue weighted by Gasteiger charge is 2.80. The van der Waals surface area contributed by atoms with Crippen molar-refractivity contribution in [2.24, 2.45) is 10.8 Å². The second-order valence-electron chi connectivity index (χ2n) is 6.99. The van der Waals surface area contributed by atoms with Crippen molar-refractivity contribution in [3.05, 3.63) is 34.3 Å². The van der Waals surface area contributed by atoms with Crippen molar-refractivity contribution in [2.45, 2.75) is 26.1 Å². The van der Waals surface area contributed by atoms with E-state index >= 15 is 0 Å². The van der Waals surface area contributed by atoms with E-state index in [0.717, 1.165) is 11.1 Å². The zero-order valence-corrected chi connectivity index (χ0v) is 15.3. The number of aryl methyl sites for hydroxylation is 1. The lowest BCUT2D eigenvalue weighted by atomic mass is 9.97. The molecule has 3 rings (SSSR count). The summed E-state index contributed by atoms with van der Waals surface area (Å²) >= 11 is 6.19. The quantitative estimate of drug-likeness (QED) is 0.681. The van der Waals surface area contributed by atoms with Crippen LogP contribution in [0.4, 0.5) is 13.2 Å². The van der Waals surface area contributed by atoms with Gasteiger partial charge in [0.2, 0.25) is 0 Å². The smallest absolute Gasteiger partial charge is 0.481 e. The van der Waals surface area contributed by atoms with Gasteiger partial charge < -0.3 is 15.3 Å². The molecular weight excluding hydrogens is 407 g/mol. The van der Waals surface area contributed by atoms with Crippen LogP contribution in [0.3, 0.4) is 0 Å². The molecule has 1 aromatic rings. The van der Waals surface area contributed by atoms with Crippen LogP contribution >= 0.6 is 11.6 Å². The minimum Gasteiger partial charge on any atom is -0.481 e. The van der Waals surface area contributed by atoms with E-state index in [1.54, 1.807) is 0 Å². The first kappa shape index (κ1) is 22.0. The van der Waals surface area contributed by atoms with Crippen molar-refractivity contribution in [3.8, 4) is 0 Å². The summed E-state index contributed by atoms with van der Waals surface area (Å²) in [7, 11) is 0. The Morgan fingerprint density at radius 3 is 1.93 bits per heavy atom. The van der Waals surface area contributed by atoms with Crippen LogP contribution < -0.4 is 0 Å². The average molecular weight is 424 g/mol. The monoisotopic (exact) mass is 423 g/mol. The van der Waals surface area contributed by atoms with Crippen LogP contribution in [0, 0.1) is 17.8 Å². The number of benzene rings is 1. The lowest BCUT2D eigenvalue weighted by molar-refractivity contribution is -0.192. The molecule has 0 unspecified atom stereocenters. The third-order valence-corrected chi connectivity index (χ3v) is 5.40. The number of halogens is 4. The summed E-state index contributed by atoms with van der Waals surface area (Å²) < 4.78 is 31.7. The van der Waals surface area contributed by atoms with Crippen molar-refractivity contribution in [3.63, 3.8) is 0 Å². The molecule has 1 saturated heterocycles. The molecule has 1 heterocycles. The van der Waals surface area contributed by atoms with E-state index in [2.05, 4.69) is 0 Å². The van der Waals surface area contributed by atoms with Crippen LogP contribution in [-0.4, -0.2) is 57.4 Å². The molecule has 0 bridgehead atoms. The van der Waals surface area contributed by atoms with Crippen molar-refractivity contribution < 1.29 is 42.9 Å². The highest BCUT2D eigenvalue weighted by Crippen LogP contribution is 2.68. The van der Waals surface area contributed by atoms with Gasteiger partial charge in [0.05, 0.1) is 10.8 Å². The molecule has 3 N–H and O–H groups in total. The van der Waals surface area contributed by atoms with E-state index in [4.69, 9.17) is 21.5 Å². The van der Waals surface area contributed by atoms with Gasteiger partial charge >= 0.3 is 24.1 Å². The Hall–Kier alpha value is -2.33. The number of carboxylic acid groups (broad SMARTS) is 3. The fourth-order valence-corrected chi connectivity index (χ4v) is 3.83. The highest BCUT2D eigenvalue weighted by atomic mass is 35.5. The molecule has 1 aliphatic heterocycles. The number of hydrogen-bond donors (Lipinski definition) is 3. The number of rotatable bonds is 4. The van der Waals surface area contributed by atoms with Crippen LogP contribution in [0.1, 0.15) is 17.5 Å². The highest BCUT2D eigenvalue weighted by molar-refractivity contribution is 6.31. The lowest BCUT2D eigenvalue weighted by Gasteiger charge is -2.20. The summed E-state index contributed by atoms with van der Waals surface area (Å²) in [6, 6.07) is 5.70. The summed E-state index contributed by atoms with van der Waals surface area (Å²) in [5.74, 6) is -4.78. The molecule has 11 heteroatoms. The van der Waals surface area contributed by atoms with Gasteiger partial charge in [-0.2, -0.15) is 13.2 Å². The van der Waals surface area contributed by atoms with Crippen LogP contribution in [0.2, 0.25) is 5.02 Å². The average Bonchev–Trinajstić information content (AvgIpc) is 3.09. The Labute approximate surface area is 162 Å². The lowest BCUT2D eigenvalue weighted by Crippen LogP contribution is -2.28. The molecule has 28 heavy (non-hydrogen) atoms. The van der Waals surface area contributed by atoms with E-state index in [1.165, 1.54) is 0 Å². The molecule has 7 nitrogen and oxygen atoms in total. The second kappa shape index (κ2) is 7.25. The number of hydrogen-bond acceptors (Lipinski definition) is 4. The minimum atomic E-state index is -5.08. The molecule has 0 aromatic heterocycles. The molecule has 2 fully saturated rings. The van der Waals surface area contributed by atoms with Gasteiger partial charge in [-0.3, -0.25) is 14.5 Å². The van der Waals surface area contributed by atoms with Crippen LogP contribution in [0.5, 0.6) is 0 Å². The molecule has 0 amide bonds.